The lowest BCUT2D eigenvalue weighted by molar-refractivity contribution is -0.116. The lowest BCUT2D eigenvalue weighted by Crippen LogP contribution is -2.33. The number of anilines is 2. The zero-order valence-corrected chi connectivity index (χ0v) is 14.9. The molecular formula is C18H32N4O2. The number of carbonyl (C=O) groups is 1. The van der Waals surface area contributed by atoms with Gasteiger partial charge in [0.2, 0.25) is 5.91 Å². The van der Waals surface area contributed by atoms with Crippen molar-refractivity contribution >= 4 is 17.3 Å². The zero-order valence-electron chi connectivity index (χ0n) is 14.9. The molecule has 136 valence electrons. The van der Waals surface area contributed by atoms with E-state index in [4.69, 9.17) is 0 Å². The normalized spacial score (nSPS) is 12.0. The van der Waals surface area contributed by atoms with Gasteiger partial charge in [-0.25, -0.2) is 0 Å². The molecule has 0 radical (unpaired) electrons. The average Bonchev–Trinajstić information content (AvgIpc) is 2.59. The maximum absolute atomic E-state index is 11.8. The Balaban J connectivity index is 2.37. The third-order valence-electron chi connectivity index (χ3n) is 3.84. The van der Waals surface area contributed by atoms with Crippen LogP contribution in [0, 0.1) is 0 Å². The first-order valence-electron chi connectivity index (χ1n) is 8.90. The van der Waals surface area contributed by atoms with E-state index in [0.717, 1.165) is 56.4 Å². The zero-order chi connectivity index (χ0) is 17.6. The number of benzene rings is 1. The molecule has 5 N–H and O–H groups in total. The van der Waals surface area contributed by atoms with Gasteiger partial charge in [-0.15, -0.1) is 0 Å². The standard InChI is InChI=1S/C18H32N4O2/c1-3-4-5-8-17(22-24)20-15-10-12-16(13-11-15)21-18(23)9-6-7-14-19-2/h10-13,17,19-20,22,24H,3-9,14H2,1-2H3,(H,21,23). The van der Waals surface area contributed by atoms with Crippen molar-refractivity contribution in [3.05, 3.63) is 24.3 Å². The van der Waals surface area contributed by atoms with E-state index in [0.29, 0.717) is 6.42 Å². The Hall–Kier alpha value is -1.63. The summed E-state index contributed by atoms with van der Waals surface area (Å²) in [7, 11) is 1.91. The summed E-state index contributed by atoms with van der Waals surface area (Å²) in [6.45, 7) is 3.09. The molecule has 1 aromatic rings. The summed E-state index contributed by atoms with van der Waals surface area (Å²) >= 11 is 0. The molecule has 0 spiro atoms. The highest BCUT2D eigenvalue weighted by molar-refractivity contribution is 5.90. The maximum atomic E-state index is 11.8. The highest BCUT2D eigenvalue weighted by Gasteiger charge is 2.07. The Morgan fingerprint density at radius 3 is 2.42 bits per heavy atom. The van der Waals surface area contributed by atoms with Crippen LogP contribution in [-0.2, 0) is 4.79 Å². The fourth-order valence-corrected chi connectivity index (χ4v) is 2.43. The fraction of sp³-hybridized carbons (Fsp3) is 0.611. The van der Waals surface area contributed by atoms with Gasteiger partial charge in [-0.3, -0.25) is 4.79 Å². The molecule has 24 heavy (non-hydrogen) atoms. The highest BCUT2D eigenvalue weighted by Crippen LogP contribution is 2.16. The number of carbonyl (C=O) groups excluding carboxylic acids is 1. The molecule has 0 aliphatic rings. The number of rotatable bonds is 13. The van der Waals surface area contributed by atoms with Gasteiger partial charge in [0.1, 0.15) is 0 Å². The van der Waals surface area contributed by atoms with Crippen LogP contribution in [0.15, 0.2) is 24.3 Å². The van der Waals surface area contributed by atoms with E-state index >= 15 is 0 Å². The molecule has 6 nitrogen and oxygen atoms in total. The van der Waals surface area contributed by atoms with E-state index in [1.807, 2.05) is 31.3 Å². The van der Waals surface area contributed by atoms with Crippen LogP contribution in [0.5, 0.6) is 0 Å². The van der Waals surface area contributed by atoms with Crippen LogP contribution in [0.3, 0.4) is 0 Å². The fourth-order valence-electron chi connectivity index (χ4n) is 2.43. The molecule has 1 unspecified atom stereocenters. The van der Waals surface area contributed by atoms with E-state index in [9.17, 15) is 10.0 Å². The molecule has 1 amide bonds. The SMILES string of the molecule is CCCCCC(NO)Nc1ccc(NC(=O)CCCCNC)cc1. The first-order valence-corrected chi connectivity index (χ1v) is 8.90. The van der Waals surface area contributed by atoms with Crippen LogP contribution in [-0.4, -0.2) is 30.9 Å². The lowest BCUT2D eigenvalue weighted by Gasteiger charge is -2.18. The van der Waals surface area contributed by atoms with Crippen LogP contribution in [0.2, 0.25) is 0 Å². The Labute approximate surface area is 145 Å². The van der Waals surface area contributed by atoms with Gasteiger partial charge >= 0.3 is 0 Å². The Morgan fingerprint density at radius 2 is 1.79 bits per heavy atom. The van der Waals surface area contributed by atoms with E-state index in [1.54, 1.807) is 0 Å². The summed E-state index contributed by atoms with van der Waals surface area (Å²) in [6, 6.07) is 7.55. The summed E-state index contributed by atoms with van der Waals surface area (Å²) in [5, 5.41) is 18.4. The number of hydrogen-bond donors (Lipinski definition) is 5. The van der Waals surface area contributed by atoms with Gasteiger partial charge < -0.3 is 21.2 Å². The monoisotopic (exact) mass is 336 g/mol. The Kier molecular flexibility index (Phi) is 10.8. The summed E-state index contributed by atoms with van der Waals surface area (Å²) in [6.07, 6.45) is 6.48. The molecule has 0 saturated carbocycles. The van der Waals surface area contributed by atoms with Crippen LogP contribution in [0.1, 0.15) is 51.9 Å². The van der Waals surface area contributed by atoms with E-state index in [-0.39, 0.29) is 12.1 Å². The van der Waals surface area contributed by atoms with Gasteiger partial charge in [0, 0.05) is 17.8 Å². The topological polar surface area (TPSA) is 85.4 Å². The average molecular weight is 336 g/mol. The van der Waals surface area contributed by atoms with Gasteiger partial charge in [-0.2, -0.15) is 5.48 Å². The van der Waals surface area contributed by atoms with Gasteiger partial charge in [-0.1, -0.05) is 19.8 Å². The minimum absolute atomic E-state index is 0.0429. The second-order valence-electron chi connectivity index (χ2n) is 6.01. The molecule has 1 atom stereocenters. The molecule has 1 rings (SSSR count). The predicted octanol–water partition coefficient (Wildman–Crippen LogP) is 3.31. The van der Waals surface area contributed by atoms with Crippen molar-refractivity contribution in [3.8, 4) is 0 Å². The Bertz CT molecular complexity index is 451. The lowest BCUT2D eigenvalue weighted by atomic mass is 10.1. The molecule has 6 heteroatoms. The second-order valence-corrected chi connectivity index (χ2v) is 6.01. The molecule has 0 heterocycles. The van der Waals surface area contributed by atoms with Crippen molar-refractivity contribution in [1.29, 1.82) is 0 Å². The number of unbranched alkanes of at least 4 members (excludes halogenated alkanes) is 3. The van der Waals surface area contributed by atoms with Crippen LogP contribution >= 0.6 is 0 Å². The molecule has 0 aliphatic carbocycles. The third kappa shape index (κ3) is 8.86. The van der Waals surface area contributed by atoms with Gasteiger partial charge in [-0.05, 0) is 63.5 Å². The summed E-state index contributed by atoms with van der Waals surface area (Å²) in [4.78, 5) is 11.8. The molecule has 0 saturated heterocycles. The Morgan fingerprint density at radius 1 is 1.08 bits per heavy atom. The maximum Gasteiger partial charge on any atom is 0.224 e. The van der Waals surface area contributed by atoms with Crippen molar-refractivity contribution in [3.63, 3.8) is 0 Å². The third-order valence-corrected chi connectivity index (χ3v) is 3.84. The van der Waals surface area contributed by atoms with Crippen LogP contribution < -0.4 is 21.4 Å². The van der Waals surface area contributed by atoms with Gasteiger partial charge in [0.15, 0.2) is 0 Å². The minimum Gasteiger partial charge on any atom is -0.368 e. The van der Waals surface area contributed by atoms with E-state index in [2.05, 4.69) is 28.4 Å². The van der Waals surface area contributed by atoms with Crippen molar-refractivity contribution < 1.29 is 10.0 Å². The van der Waals surface area contributed by atoms with E-state index in [1.165, 1.54) is 0 Å². The summed E-state index contributed by atoms with van der Waals surface area (Å²) in [5.41, 5.74) is 4.00. The number of nitrogens with one attached hydrogen (secondary N) is 4. The first kappa shape index (κ1) is 20.4. The largest absolute Gasteiger partial charge is 0.368 e. The van der Waals surface area contributed by atoms with Crippen LogP contribution in [0.25, 0.3) is 0 Å². The number of amides is 1. The summed E-state index contributed by atoms with van der Waals surface area (Å²) < 4.78 is 0. The molecule has 0 aromatic heterocycles. The van der Waals surface area contributed by atoms with Crippen molar-refractivity contribution in [2.45, 2.75) is 58.0 Å². The quantitative estimate of drug-likeness (QED) is 0.217. The van der Waals surface area contributed by atoms with Crippen LogP contribution in [0.4, 0.5) is 11.4 Å². The number of hydrogen-bond acceptors (Lipinski definition) is 5. The van der Waals surface area contributed by atoms with Gasteiger partial charge in [0.25, 0.3) is 0 Å². The smallest absolute Gasteiger partial charge is 0.224 e. The second kappa shape index (κ2) is 12.8. The number of hydroxylamine groups is 1. The molecule has 0 aliphatic heterocycles. The van der Waals surface area contributed by atoms with Crippen molar-refractivity contribution in [2.75, 3.05) is 24.2 Å². The van der Waals surface area contributed by atoms with Crippen molar-refractivity contribution in [1.82, 2.24) is 10.8 Å². The van der Waals surface area contributed by atoms with E-state index < -0.39 is 0 Å². The van der Waals surface area contributed by atoms with Crippen molar-refractivity contribution in [2.24, 2.45) is 0 Å². The molecule has 0 fully saturated rings. The predicted molar refractivity (Wildman–Crippen MR) is 99.3 cm³/mol. The minimum atomic E-state index is -0.163. The first-order chi connectivity index (χ1) is 11.7. The highest BCUT2D eigenvalue weighted by atomic mass is 16.5. The molecule has 0 bridgehead atoms. The summed E-state index contributed by atoms with van der Waals surface area (Å²) in [5.74, 6) is 0.0429. The molecule has 1 aromatic carbocycles. The van der Waals surface area contributed by atoms with Gasteiger partial charge in [0.05, 0.1) is 6.17 Å². The molecular weight excluding hydrogens is 304 g/mol.